The number of amides is 1. The third-order valence-corrected chi connectivity index (χ3v) is 7.98. The number of likely N-dealkylation sites (N-methyl/N-ethyl adjacent to an activating group) is 1. The lowest BCUT2D eigenvalue weighted by Crippen LogP contribution is -2.44. The molecular weight excluding hydrogens is 490 g/mol. The fourth-order valence-corrected chi connectivity index (χ4v) is 5.81. The molecule has 200 valence electrons. The van der Waals surface area contributed by atoms with Gasteiger partial charge in [-0.1, -0.05) is 29.8 Å². The number of aliphatic hydroxyl groups excluding tert-OH is 1. The number of Topliss-reactive ketones (excluding diaryl/α,β-unsaturated/α-hetero) is 1. The van der Waals surface area contributed by atoms with Gasteiger partial charge in [-0.2, -0.15) is 0 Å². The first-order valence-corrected chi connectivity index (χ1v) is 13.6. The van der Waals surface area contributed by atoms with Crippen LogP contribution in [0.15, 0.2) is 72.3 Å². The second-order valence-electron chi connectivity index (χ2n) is 10.7. The molecule has 1 amide bonds. The summed E-state index contributed by atoms with van der Waals surface area (Å²) in [6.45, 7) is 6.52. The lowest BCUT2D eigenvalue weighted by atomic mass is 9.93. The van der Waals surface area contributed by atoms with Gasteiger partial charge in [0, 0.05) is 43.1 Å². The van der Waals surface area contributed by atoms with Crippen molar-refractivity contribution in [1.82, 2.24) is 4.90 Å². The van der Waals surface area contributed by atoms with Gasteiger partial charge in [0.05, 0.1) is 18.2 Å². The van der Waals surface area contributed by atoms with Crippen molar-refractivity contribution < 1.29 is 19.4 Å². The van der Waals surface area contributed by atoms with E-state index in [1.54, 1.807) is 6.07 Å². The normalized spacial score (nSPS) is 21.1. The first kappa shape index (κ1) is 25.2. The second-order valence-corrected chi connectivity index (χ2v) is 10.7. The number of fused-ring (bicyclic) bond motifs is 1. The van der Waals surface area contributed by atoms with Crippen molar-refractivity contribution in [3.63, 3.8) is 0 Å². The molecular formula is C32H33N3O4. The second kappa shape index (κ2) is 10.2. The van der Waals surface area contributed by atoms with Crippen LogP contribution in [0.2, 0.25) is 0 Å². The molecule has 2 fully saturated rings. The minimum absolute atomic E-state index is 0.102. The Kier molecular flexibility index (Phi) is 6.61. The van der Waals surface area contributed by atoms with E-state index < -0.39 is 17.7 Å². The summed E-state index contributed by atoms with van der Waals surface area (Å²) in [6, 6.07) is 20.3. The molecule has 6 rings (SSSR count). The van der Waals surface area contributed by atoms with E-state index in [0.29, 0.717) is 17.9 Å². The van der Waals surface area contributed by atoms with Crippen LogP contribution in [0.25, 0.3) is 5.76 Å². The van der Waals surface area contributed by atoms with E-state index in [0.717, 1.165) is 67.1 Å². The van der Waals surface area contributed by atoms with Crippen LogP contribution in [0, 0.1) is 6.92 Å². The summed E-state index contributed by atoms with van der Waals surface area (Å²) in [5, 5.41) is 11.5. The van der Waals surface area contributed by atoms with Crippen molar-refractivity contribution >= 4 is 28.8 Å². The molecule has 3 aliphatic rings. The van der Waals surface area contributed by atoms with Gasteiger partial charge in [-0.25, -0.2) is 0 Å². The van der Waals surface area contributed by atoms with Gasteiger partial charge in [-0.15, -0.1) is 0 Å². The molecule has 1 atom stereocenters. The van der Waals surface area contributed by atoms with Gasteiger partial charge in [-0.3, -0.25) is 14.5 Å². The highest BCUT2D eigenvalue weighted by Gasteiger charge is 2.47. The van der Waals surface area contributed by atoms with Crippen molar-refractivity contribution in [3.8, 4) is 5.75 Å². The van der Waals surface area contributed by atoms with E-state index in [2.05, 4.69) is 16.8 Å². The molecule has 1 N–H and O–H groups in total. The Bertz CT molecular complexity index is 1450. The molecule has 1 unspecified atom stereocenters. The number of piperazine rings is 1. The van der Waals surface area contributed by atoms with Crippen molar-refractivity contribution in [3.05, 3.63) is 94.6 Å². The lowest BCUT2D eigenvalue weighted by Gasteiger charge is -2.34. The number of carbonyl (C=O) groups excluding carboxylic acids is 2. The predicted molar refractivity (Wildman–Crippen MR) is 152 cm³/mol. The summed E-state index contributed by atoms with van der Waals surface area (Å²) in [7, 11) is 2.13. The van der Waals surface area contributed by atoms with Gasteiger partial charge in [0.15, 0.2) is 0 Å². The molecule has 0 aromatic heterocycles. The first-order valence-electron chi connectivity index (χ1n) is 13.6. The number of aryl methyl sites for hydroxylation is 2. The van der Waals surface area contributed by atoms with Crippen molar-refractivity contribution in [2.45, 2.75) is 25.8 Å². The number of hydrogen-bond acceptors (Lipinski definition) is 6. The van der Waals surface area contributed by atoms with Crippen LogP contribution in [-0.4, -0.2) is 61.5 Å². The highest BCUT2D eigenvalue weighted by molar-refractivity contribution is 6.51. The van der Waals surface area contributed by atoms with E-state index >= 15 is 0 Å². The summed E-state index contributed by atoms with van der Waals surface area (Å²) in [5.74, 6) is -0.688. The number of carbonyl (C=O) groups is 2. The van der Waals surface area contributed by atoms with Crippen LogP contribution in [0.4, 0.5) is 11.4 Å². The standard InChI is InChI=1S/C32H33N3O4/c1-21-5-3-6-23(19-21)29-28(30(36)24-8-13-27-22(20-24)7-4-18-39-27)31(37)32(38)35(29)26-11-9-25(10-12-26)34-16-14-33(2)15-17-34/h3,5-6,8-13,19-20,29,36H,4,7,14-18H2,1-2H3/b30-28-. The Morgan fingerprint density at radius 2 is 1.67 bits per heavy atom. The number of benzene rings is 3. The van der Waals surface area contributed by atoms with E-state index in [-0.39, 0.29) is 11.3 Å². The minimum Gasteiger partial charge on any atom is -0.507 e. The van der Waals surface area contributed by atoms with E-state index in [1.165, 1.54) is 4.90 Å². The zero-order chi connectivity index (χ0) is 27.1. The highest BCUT2D eigenvalue weighted by Crippen LogP contribution is 2.43. The Hall–Kier alpha value is -4.10. The average Bonchev–Trinajstić information content (AvgIpc) is 3.23. The topological polar surface area (TPSA) is 73.3 Å². The van der Waals surface area contributed by atoms with Crippen molar-refractivity contribution in [1.29, 1.82) is 0 Å². The molecule has 0 aliphatic carbocycles. The van der Waals surface area contributed by atoms with Crippen LogP contribution in [0.1, 0.15) is 34.7 Å². The maximum Gasteiger partial charge on any atom is 0.300 e. The van der Waals surface area contributed by atoms with E-state index in [4.69, 9.17) is 4.74 Å². The minimum atomic E-state index is -0.744. The molecule has 7 heteroatoms. The number of anilines is 2. The number of rotatable bonds is 4. The summed E-state index contributed by atoms with van der Waals surface area (Å²) >= 11 is 0. The Morgan fingerprint density at radius 3 is 2.41 bits per heavy atom. The fraction of sp³-hybridized carbons (Fsp3) is 0.312. The Labute approximate surface area is 228 Å². The molecule has 3 heterocycles. The molecule has 3 aromatic rings. The molecule has 3 aliphatic heterocycles. The maximum absolute atomic E-state index is 13.6. The van der Waals surface area contributed by atoms with E-state index in [1.807, 2.05) is 67.6 Å². The van der Waals surface area contributed by atoms with E-state index in [9.17, 15) is 14.7 Å². The zero-order valence-electron chi connectivity index (χ0n) is 22.4. The Morgan fingerprint density at radius 1 is 0.923 bits per heavy atom. The molecule has 0 spiro atoms. The number of ketones is 1. The predicted octanol–water partition coefficient (Wildman–Crippen LogP) is 4.70. The van der Waals surface area contributed by atoms with Gasteiger partial charge in [0.2, 0.25) is 0 Å². The Balaban J connectivity index is 1.42. The first-order chi connectivity index (χ1) is 18.9. The quantitative estimate of drug-likeness (QED) is 0.304. The van der Waals surface area contributed by atoms with Gasteiger partial charge in [0.25, 0.3) is 11.7 Å². The van der Waals surface area contributed by atoms with Crippen molar-refractivity contribution in [2.75, 3.05) is 49.6 Å². The molecule has 0 bridgehead atoms. The van der Waals surface area contributed by atoms with Crippen LogP contribution < -0.4 is 14.5 Å². The number of aliphatic hydroxyl groups is 1. The smallest absolute Gasteiger partial charge is 0.300 e. The third-order valence-electron chi connectivity index (χ3n) is 7.98. The molecule has 39 heavy (non-hydrogen) atoms. The average molecular weight is 524 g/mol. The van der Waals surface area contributed by atoms with Crippen molar-refractivity contribution in [2.24, 2.45) is 0 Å². The maximum atomic E-state index is 13.6. The van der Waals surface area contributed by atoms with Crippen LogP contribution in [0.5, 0.6) is 5.75 Å². The summed E-state index contributed by atoms with van der Waals surface area (Å²) in [5.41, 5.74) is 5.11. The molecule has 0 radical (unpaired) electrons. The largest absolute Gasteiger partial charge is 0.507 e. The molecule has 0 saturated carbocycles. The summed E-state index contributed by atoms with van der Waals surface area (Å²) < 4.78 is 5.73. The monoisotopic (exact) mass is 523 g/mol. The van der Waals surface area contributed by atoms with Gasteiger partial charge in [0.1, 0.15) is 11.5 Å². The van der Waals surface area contributed by atoms with Crippen LogP contribution in [0.3, 0.4) is 0 Å². The molecule has 3 aromatic carbocycles. The van der Waals surface area contributed by atoms with Gasteiger partial charge < -0.3 is 19.6 Å². The fourth-order valence-electron chi connectivity index (χ4n) is 5.81. The third kappa shape index (κ3) is 4.68. The number of nitrogens with zero attached hydrogens (tertiary/aromatic N) is 3. The zero-order valence-corrected chi connectivity index (χ0v) is 22.4. The molecule has 2 saturated heterocycles. The highest BCUT2D eigenvalue weighted by atomic mass is 16.5. The number of ether oxygens (including phenoxy) is 1. The lowest BCUT2D eigenvalue weighted by molar-refractivity contribution is -0.132. The number of hydrogen-bond donors (Lipinski definition) is 1. The SMILES string of the molecule is Cc1cccc(C2/C(=C(/O)c3ccc4c(c3)CCCO4)C(=O)C(=O)N2c2ccc(N3CCN(C)CC3)cc2)c1. The molecule has 7 nitrogen and oxygen atoms in total. The van der Waals surface area contributed by atoms with Crippen LogP contribution >= 0.6 is 0 Å². The van der Waals surface area contributed by atoms with Crippen LogP contribution in [-0.2, 0) is 16.0 Å². The van der Waals surface area contributed by atoms with Gasteiger partial charge in [-0.05, 0) is 80.4 Å². The summed E-state index contributed by atoms with van der Waals surface area (Å²) in [6.07, 6.45) is 1.74. The van der Waals surface area contributed by atoms with Gasteiger partial charge >= 0.3 is 0 Å². The summed E-state index contributed by atoms with van der Waals surface area (Å²) in [4.78, 5) is 33.3.